The molecule has 0 radical (unpaired) electrons. The molecule has 31 heavy (non-hydrogen) atoms. The molecule has 1 aliphatic heterocycles. The van der Waals surface area contributed by atoms with Crippen LogP contribution < -0.4 is 5.73 Å². The fourth-order valence-corrected chi connectivity index (χ4v) is 5.71. The van der Waals surface area contributed by atoms with E-state index < -0.39 is 5.66 Å². The molecular formula is C25H27N5O. The quantitative estimate of drug-likeness (QED) is 0.818. The van der Waals surface area contributed by atoms with Crippen molar-refractivity contribution in [3.05, 3.63) is 53.3 Å². The van der Waals surface area contributed by atoms with Crippen molar-refractivity contribution in [3.63, 3.8) is 0 Å². The highest BCUT2D eigenvalue weighted by Gasteiger charge is 2.60. The van der Waals surface area contributed by atoms with Crippen LogP contribution in [0.5, 0.6) is 0 Å². The second-order valence-electron chi connectivity index (χ2n) is 8.92. The van der Waals surface area contributed by atoms with Crippen LogP contribution in [0.2, 0.25) is 0 Å². The summed E-state index contributed by atoms with van der Waals surface area (Å²) in [5.74, 6) is 0.571. The van der Waals surface area contributed by atoms with Crippen molar-refractivity contribution in [2.24, 2.45) is 21.1 Å². The molecule has 1 aromatic heterocycles. The number of fused-ring (bicyclic) bond motifs is 3. The van der Waals surface area contributed by atoms with E-state index in [1.165, 1.54) is 5.56 Å². The fourth-order valence-electron chi connectivity index (χ4n) is 5.71. The van der Waals surface area contributed by atoms with E-state index in [0.29, 0.717) is 17.5 Å². The molecule has 2 aromatic rings. The minimum Gasteiger partial charge on any atom is -0.382 e. The summed E-state index contributed by atoms with van der Waals surface area (Å²) >= 11 is 0. The maximum atomic E-state index is 9.27. The number of hydrogen-bond acceptors (Lipinski definition) is 6. The summed E-state index contributed by atoms with van der Waals surface area (Å²) in [5, 5.41) is 9.27. The second-order valence-corrected chi connectivity index (χ2v) is 8.92. The third-order valence-electron chi connectivity index (χ3n) is 7.39. The lowest BCUT2D eigenvalue weighted by atomic mass is 9.65. The number of pyridine rings is 1. The predicted molar refractivity (Wildman–Crippen MR) is 121 cm³/mol. The van der Waals surface area contributed by atoms with Crippen LogP contribution in [0.15, 0.2) is 46.6 Å². The smallest absolute Gasteiger partial charge is 0.184 e. The first kappa shape index (κ1) is 19.9. The Labute approximate surface area is 182 Å². The fraction of sp³-hybridized carbons (Fsp3) is 0.440. The largest absolute Gasteiger partial charge is 0.382 e. The molecule has 0 amide bonds. The van der Waals surface area contributed by atoms with Crippen molar-refractivity contribution in [1.29, 1.82) is 5.26 Å². The maximum Gasteiger partial charge on any atom is 0.184 e. The van der Waals surface area contributed by atoms with Gasteiger partial charge in [0.1, 0.15) is 11.9 Å². The van der Waals surface area contributed by atoms with E-state index in [0.717, 1.165) is 60.9 Å². The topological polar surface area (TPSA) is 96.6 Å². The van der Waals surface area contributed by atoms with Gasteiger partial charge in [-0.3, -0.25) is 9.98 Å². The maximum absolute atomic E-state index is 9.27. The van der Waals surface area contributed by atoms with Gasteiger partial charge in [0.2, 0.25) is 0 Å². The van der Waals surface area contributed by atoms with Crippen LogP contribution in [0, 0.1) is 16.7 Å². The number of hydrogen-bond donors (Lipinski definition) is 1. The van der Waals surface area contributed by atoms with Gasteiger partial charge >= 0.3 is 0 Å². The standard InChI is InChI=1S/C25H27N5O/c1-3-22-23(27)30-25(29-22)21-11-17(19-10-16(13-26)14-28-15-19)4-5-18(21)12-24(25)8-6-20(31-2)7-9-24/h4-5,10-11,14-15,20H,3,6-9,12H2,1-2H3,(H2,27,30)/t20-,24-,25?. The zero-order valence-electron chi connectivity index (χ0n) is 18.1. The minimum atomic E-state index is -0.660. The summed E-state index contributed by atoms with van der Waals surface area (Å²) in [5.41, 5.74) is 11.5. The number of nitrogens with two attached hydrogens (primary N) is 1. The third-order valence-corrected chi connectivity index (χ3v) is 7.39. The first-order valence-electron chi connectivity index (χ1n) is 11.0. The van der Waals surface area contributed by atoms with Crippen LogP contribution in [0.3, 0.4) is 0 Å². The van der Waals surface area contributed by atoms with E-state index in [4.69, 9.17) is 20.5 Å². The van der Waals surface area contributed by atoms with E-state index in [-0.39, 0.29) is 5.41 Å². The van der Waals surface area contributed by atoms with Crippen LogP contribution in [0.4, 0.5) is 0 Å². The zero-order chi connectivity index (χ0) is 21.6. The van der Waals surface area contributed by atoms with E-state index in [2.05, 4.69) is 36.2 Å². The molecule has 2 heterocycles. The molecule has 1 aromatic carbocycles. The van der Waals surface area contributed by atoms with Crippen LogP contribution in [-0.4, -0.2) is 29.7 Å². The number of aromatic nitrogens is 1. The van der Waals surface area contributed by atoms with Gasteiger partial charge in [-0.15, -0.1) is 0 Å². The Morgan fingerprint density at radius 2 is 1.97 bits per heavy atom. The summed E-state index contributed by atoms with van der Waals surface area (Å²) in [6, 6.07) is 10.6. The van der Waals surface area contributed by atoms with Crippen molar-refractivity contribution < 1.29 is 4.74 Å². The Morgan fingerprint density at radius 1 is 1.16 bits per heavy atom. The van der Waals surface area contributed by atoms with Gasteiger partial charge in [0, 0.05) is 36.0 Å². The Morgan fingerprint density at radius 3 is 2.65 bits per heavy atom. The third kappa shape index (κ3) is 2.91. The molecule has 2 spiro atoms. The molecule has 158 valence electrons. The molecule has 0 saturated heterocycles. The van der Waals surface area contributed by atoms with Gasteiger partial charge in [0.15, 0.2) is 5.66 Å². The molecule has 1 saturated carbocycles. The average molecular weight is 414 g/mol. The number of nitrogens with zero attached hydrogens (tertiary/aromatic N) is 4. The summed E-state index contributed by atoms with van der Waals surface area (Å²) < 4.78 is 5.65. The Bertz CT molecular complexity index is 1140. The lowest BCUT2D eigenvalue weighted by Gasteiger charge is -2.44. The molecule has 1 unspecified atom stereocenters. The molecular weight excluding hydrogens is 386 g/mol. The molecule has 6 heteroatoms. The number of ether oxygens (including phenoxy) is 1. The van der Waals surface area contributed by atoms with Crippen LogP contribution in [-0.2, 0) is 16.8 Å². The highest BCUT2D eigenvalue weighted by molar-refractivity contribution is 6.42. The number of benzene rings is 1. The summed E-state index contributed by atoms with van der Waals surface area (Å²) in [6.45, 7) is 2.08. The Kier molecular flexibility index (Phi) is 4.67. The first-order valence-corrected chi connectivity index (χ1v) is 11.0. The molecule has 3 aliphatic rings. The number of nitriles is 1. The monoisotopic (exact) mass is 413 g/mol. The van der Waals surface area contributed by atoms with Crippen molar-refractivity contribution in [1.82, 2.24) is 4.98 Å². The van der Waals surface area contributed by atoms with Gasteiger partial charge < -0.3 is 10.5 Å². The van der Waals surface area contributed by atoms with Crippen molar-refractivity contribution >= 4 is 11.5 Å². The lowest BCUT2D eigenvalue weighted by Crippen LogP contribution is -2.43. The summed E-state index contributed by atoms with van der Waals surface area (Å²) in [4.78, 5) is 14.6. The highest BCUT2D eigenvalue weighted by atomic mass is 16.5. The molecule has 6 nitrogen and oxygen atoms in total. The molecule has 2 aliphatic carbocycles. The number of amidine groups is 1. The van der Waals surface area contributed by atoms with E-state index in [9.17, 15) is 5.26 Å². The van der Waals surface area contributed by atoms with Crippen LogP contribution >= 0.6 is 0 Å². The minimum absolute atomic E-state index is 0.0721. The van der Waals surface area contributed by atoms with Gasteiger partial charge in [0.25, 0.3) is 0 Å². The van der Waals surface area contributed by atoms with E-state index >= 15 is 0 Å². The van der Waals surface area contributed by atoms with Gasteiger partial charge in [0.05, 0.1) is 17.4 Å². The SMILES string of the molecule is CCC1=NC2(N=C1N)c1cc(-c3cncc(C#N)c3)ccc1C[C@]21CC[C@@H](OC)CC1. The summed E-state index contributed by atoms with van der Waals surface area (Å²) in [6.07, 6.45) is 9.47. The molecule has 1 fully saturated rings. The molecule has 5 rings (SSSR count). The summed E-state index contributed by atoms with van der Waals surface area (Å²) in [7, 11) is 1.80. The number of methoxy groups -OCH3 is 1. The lowest BCUT2D eigenvalue weighted by molar-refractivity contribution is -0.000389. The highest BCUT2D eigenvalue weighted by Crippen LogP contribution is 2.62. The second kappa shape index (κ2) is 7.28. The number of rotatable bonds is 3. The number of aliphatic imine (C=N–C) groups is 2. The molecule has 1 atom stereocenters. The predicted octanol–water partition coefficient (Wildman–Crippen LogP) is 4.13. The first-order chi connectivity index (χ1) is 15.0. The van der Waals surface area contributed by atoms with Gasteiger partial charge in [-0.1, -0.05) is 19.1 Å². The normalized spacial score (nSPS) is 29.0. The van der Waals surface area contributed by atoms with Crippen molar-refractivity contribution in [3.8, 4) is 17.2 Å². The van der Waals surface area contributed by atoms with Gasteiger partial charge in [-0.05, 0) is 61.8 Å². The van der Waals surface area contributed by atoms with Crippen LogP contribution in [0.25, 0.3) is 11.1 Å². The average Bonchev–Trinajstić information content (AvgIpc) is 3.28. The van der Waals surface area contributed by atoms with Gasteiger partial charge in [-0.25, -0.2) is 4.99 Å². The van der Waals surface area contributed by atoms with Crippen molar-refractivity contribution in [2.75, 3.05) is 7.11 Å². The van der Waals surface area contributed by atoms with E-state index in [1.54, 1.807) is 19.5 Å². The Hall–Kier alpha value is -3.04. The zero-order valence-corrected chi connectivity index (χ0v) is 18.1. The van der Waals surface area contributed by atoms with Crippen molar-refractivity contribution in [2.45, 2.75) is 57.2 Å². The van der Waals surface area contributed by atoms with Gasteiger partial charge in [-0.2, -0.15) is 5.26 Å². The van der Waals surface area contributed by atoms with Crippen LogP contribution in [0.1, 0.15) is 55.7 Å². The molecule has 2 N–H and O–H groups in total. The molecule has 0 bridgehead atoms. The Balaban J connectivity index is 1.65. The van der Waals surface area contributed by atoms with E-state index in [1.807, 2.05) is 6.07 Å².